The Hall–Kier alpha value is -1.20. The lowest BCUT2D eigenvalue weighted by molar-refractivity contribution is 0.523. The van der Waals surface area contributed by atoms with Crippen LogP contribution >= 0.6 is 0 Å². The van der Waals surface area contributed by atoms with Crippen molar-refractivity contribution in [1.82, 2.24) is 4.31 Å². The second kappa shape index (κ2) is 4.55. The Morgan fingerprint density at radius 3 is 2.53 bits per heavy atom. The normalized spacial score (nSPS) is 12.5. The maximum Gasteiger partial charge on any atom is 0.321 e. The van der Waals surface area contributed by atoms with Crippen LogP contribution in [0.3, 0.4) is 0 Å². The van der Waals surface area contributed by atoms with E-state index in [2.05, 4.69) is 4.40 Å². The predicted octanol–water partition coefficient (Wildman–Crippen LogP) is 1.22. The third kappa shape index (κ3) is 3.45. The third-order valence-corrected chi connectivity index (χ3v) is 3.13. The first-order valence-electron chi connectivity index (χ1n) is 4.46. The molecule has 0 unspecified atom stereocenters. The van der Waals surface area contributed by atoms with Gasteiger partial charge in [0.2, 0.25) is 0 Å². The Labute approximate surface area is 90.4 Å². The van der Waals surface area contributed by atoms with E-state index in [1.54, 1.807) is 0 Å². The molecule has 0 aliphatic carbocycles. The first-order valence-corrected chi connectivity index (χ1v) is 5.86. The molecule has 0 aliphatic heterocycles. The van der Waals surface area contributed by atoms with Crippen LogP contribution in [-0.2, 0) is 10.2 Å². The van der Waals surface area contributed by atoms with Gasteiger partial charge in [-0.25, -0.2) is 0 Å². The highest BCUT2D eigenvalue weighted by atomic mass is 32.2. The summed E-state index contributed by atoms with van der Waals surface area (Å²) in [5, 5.41) is 0. The summed E-state index contributed by atoms with van der Waals surface area (Å²) in [6, 6.07) is 7.48. The topological polar surface area (TPSA) is 49.7 Å². The maximum atomic E-state index is 11.3. The van der Waals surface area contributed by atoms with Crippen molar-refractivity contribution in [2.45, 2.75) is 6.92 Å². The van der Waals surface area contributed by atoms with Crippen molar-refractivity contribution in [2.75, 3.05) is 14.1 Å². The Kier molecular flexibility index (Phi) is 3.60. The average Bonchev–Trinajstić information content (AvgIpc) is 2.15. The minimum Gasteiger partial charge on any atom is -0.189 e. The summed E-state index contributed by atoms with van der Waals surface area (Å²) in [6.45, 7) is 1.94. The van der Waals surface area contributed by atoms with Gasteiger partial charge in [-0.15, -0.1) is 0 Å². The van der Waals surface area contributed by atoms with Gasteiger partial charge in [0.1, 0.15) is 0 Å². The third-order valence-electron chi connectivity index (χ3n) is 1.84. The van der Waals surface area contributed by atoms with E-state index in [1.807, 2.05) is 31.2 Å². The number of benzene rings is 1. The monoisotopic (exact) mass is 226 g/mol. The zero-order chi connectivity index (χ0) is 11.5. The molecule has 82 valence electrons. The fraction of sp³-hybridized carbons (Fsp3) is 0.300. The van der Waals surface area contributed by atoms with Crippen molar-refractivity contribution >= 4 is 16.4 Å². The van der Waals surface area contributed by atoms with E-state index < -0.39 is 10.2 Å². The molecular formula is C10H14N2O2S. The Bertz CT molecular complexity index is 464. The molecule has 1 aromatic rings. The second-order valence-electron chi connectivity index (χ2n) is 3.41. The number of rotatable bonds is 3. The lowest BCUT2D eigenvalue weighted by Gasteiger charge is -2.04. The van der Waals surface area contributed by atoms with Crippen LogP contribution in [-0.4, -0.2) is 33.0 Å². The van der Waals surface area contributed by atoms with Crippen LogP contribution in [0.25, 0.3) is 0 Å². The van der Waals surface area contributed by atoms with E-state index in [9.17, 15) is 8.42 Å². The van der Waals surface area contributed by atoms with E-state index in [1.165, 1.54) is 20.3 Å². The van der Waals surface area contributed by atoms with Crippen LogP contribution in [0.5, 0.6) is 0 Å². The Balaban J connectivity index is 2.92. The molecule has 0 atom stereocenters. The molecule has 0 radical (unpaired) electrons. The zero-order valence-electron chi connectivity index (χ0n) is 9.01. The average molecular weight is 226 g/mol. The molecule has 0 saturated carbocycles. The molecule has 0 spiro atoms. The highest BCUT2D eigenvalue weighted by Gasteiger charge is 2.08. The predicted molar refractivity (Wildman–Crippen MR) is 61.4 cm³/mol. The lowest BCUT2D eigenvalue weighted by atomic mass is 10.2. The van der Waals surface area contributed by atoms with Crippen LogP contribution in [0, 0.1) is 6.92 Å². The minimum absolute atomic E-state index is 0.778. The molecular weight excluding hydrogens is 212 g/mol. The molecule has 0 heterocycles. The first-order chi connectivity index (χ1) is 6.92. The summed E-state index contributed by atoms with van der Waals surface area (Å²) < 4.78 is 27.2. The quantitative estimate of drug-likeness (QED) is 0.728. The van der Waals surface area contributed by atoms with Crippen molar-refractivity contribution in [1.29, 1.82) is 0 Å². The van der Waals surface area contributed by atoms with Gasteiger partial charge >= 0.3 is 10.2 Å². The van der Waals surface area contributed by atoms with Gasteiger partial charge in [0, 0.05) is 20.3 Å². The summed E-state index contributed by atoms with van der Waals surface area (Å²) in [5.74, 6) is 0. The molecule has 1 rings (SSSR count). The summed E-state index contributed by atoms with van der Waals surface area (Å²) in [6.07, 6.45) is 1.35. The summed E-state index contributed by atoms with van der Waals surface area (Å²) in [4.78, 5) is 0. The van der Waals surface area contributed by atoms with E-state index in [4.69, 9.17) is 0 Å². The van der Waals surface area contributed by atoms with E-state index in [0.29, 0.717) is 0 Å². The van der Waals surface area contributed by atoms with Gasteiger partial charge in [-0.3, -0.25) is 0 Å². The molecule has 4 nitrogen and oxygen atoms in total. The van der Waals surface area contributed by atoms with Crippen LogP contribution in [0.4, 0.5) is 0 Å². The van der Waals surface area contributed by atoms with Crippen molar-refractivity contribution in [3.8, 4) is 0 Å². The fourth-order valence-electron chi connectivity index (χ4n) is 0.972. The standard InChI is InChI=1S/C10H14N2O2S/c1-9-5-4-6-10(7-9)8-11-15(13,14)12(2)3/h4-8H,1-3H3/b11-8+. The molecule has 0 fully saturated rings. The molecule has 0 aromatic heterocycles. The highest BCUT2D eigenvalue weighted by Crippen LogP contribution is 2.02. The van der Waals surface area contributed by atoms with Crippen LogP contribution in [0.15, 0.2) is 28.7 Å². The van der Waals surface area contributed by atoms with Crippen molar-refractivity contribution < 1.29 is 8.42 Å². The summed E-state index contributed by atoms with van der Waals surface area (Å²) in [7, 11) is -0.612. The van der Waals surface area contributed by atoms with Crippen LogP contribution in [0.2, 0.25) is 0 Å². The molecule has 0 bridgehead atoms. The molecule has 1 aromatic carbocycles. The van der Waals surface area contributed by atoms with Gasteiger partial charge in [-0.05, 0) is 12.5 Å². The maximum absolute atomic E-state index is 11.3. The van der Waals surface area contributed by atoms with E-state index in [0.717, 1.165) is 15.4 Å². The SMILES string of the molecule is Cc1cccc(/C=N/S(=O)(=O)N(C)C)c1. The van der Waals surface area contributed by atoms with E-state index >= 15 is 0 Å². The number of nitrogens with zero attached hydrogens (tertiary/aromatic N) is 2. The second-order valence-corrected chi connectivity index (χ2v) is 5.25. The Morgan fingerprint density at radius 2 is 2.00 bits per heavy atom. The minimum atomic E-state index is -3.51. The lowest BCUT2D eigenvalue weighted by Crippen LogP contribution is -2.19. The highest BCUT2D eigenvalue weighted by molar-refractivity contribution is 7.87. The first kappa shape index (κ1) is 11.9. The van der Waals surface area contributed by atoms with Gasteiger partial charge in [-0.2, -0.15) is 17.1 Å². The smallest absolute Gasteiger partial charge is 0.189 e. The van der Waals surface area contributed by atoms with Crippen LogP contribution < -0.4 is 0 Å². The van der Waals surface area contributed by atoms with Crippen molar-refractivity contribution in [2.24, 2.45) is 4.40 Å². The molecule has 15 heavy (non-hydrogen) atoms. The van der Waals surface area contributed by atoms with Crippen molar-refractivity contribution in [3.05, 3.63) is 35.4 Å². The molecule has 0 N–H and O–H groups in total. The zero-order valence-corrected chi connectivity index (χ0v) is 9.82. The number of hydrogen-bond donors (Lipinski definition) is 0. The molecule has 0 amide bonds. The van der Waals surface area contributed by atoms with E-state index in [-0.39, 0.29) is 0 Å². The Morgan fingerprint density at radius 1 is 1.33 bits per heavy atom. The van der Waals surface area contributed by atoms with Gasteiger partial charge in [0.25, 0.3) is 0 Å². The summed E-state index contributed by atoms with van der Waals surface area (Å²) in [5.41, 5.74) is 1.85. The van der Waals surface area contributed by atoms with Gasteiger partial charge in [0.05, 0.1) is 0 Å². The van der Waals surface area contributed by atoms with Gasteiger partial charge < -0.3 is 0 Å². The fourth-order valence-corrected chi connectivity index (χ4v) is 1.42. The molecule has 0 aliphatic rings. The van der Waals surface area contributed by atoms with Gasteiger partial charge in [-0.1, -0.05) is 29.8 Å². The molecule has 0 saturated heterocycles. The van der Waals surface area contributed by atoms with Crippen LogP contribution in [0.1, 0.15) is 11.1 Å². The number of aryl methyl sites for hydroxylation is 1. The van der Waals surface area contributed by atoms with Crippen molar-refractivity contribution in [3.63, 3.8) is 0 Å². The molecule has 5 heteroatoms. The summed E-state index contributed by atoms with van der Waals surface area (Å²) >= 11 is 0. The van der Waals surface area contributed by atoms with Gasteiger partial charge in [0.15, 0.2) is 0 Å². The largest absolute Gasteiger partial charge is 0.321 e. The number of hydrogen-bond acceptors (Lipinski definition) is 2.